The first kappa shape index (κ1) is 16.7. The van der Waals surface area contributed by atoms with E-state index in [4.69, 9.17) is 18.6 Å². The van der Waals surface area contributed by atoms with E-state index in [0.717, 1.165) is 22.6 Å². The number of hydrogen-bond donors (Lipinski definition) is 1. The minimum Gasteiger partial charge on any atom is -0.339 e. The highest BCUT2D eigenvalue weighted by molar-refractivity contribution is 8.24. The van der Waals surface area contributed by atoms with E-state index in [2.05, 4.69) is 11.2 Å². The summed E-state index contributed by atoms with van der Waals surface area (Å²) in [7, 11) is 0. The molecule has 1 aromatic rings. The Morgan fingerprint density at radius 1 is 1.35 bits per heavy atom. The van der Waals surface area contributed by atoms with Gasteiger partial charge in [0.05, 0.1) is 9.95 Å². The van der Waals surface area contributed by atoms with E-state index in [1.54, 1.807) is 0 Å². The second-order valence-corrected chi connectivity index (χ2v) is 6.08. The summed E-state index contributed by atoms with van der Waals surface area (Å²) in [5, 5.41) is 2.93. The summed E-state index contributed by atoms with van der Waals surface area (Å²) in [5.74, 6) is 2.91. The van der Waals surface area contributed by atoms with Crippen molar-refractivity contribution < 1.29 is 4.79 Å². The van der Waals surface area contributed by atoms with Crippen LogP contribution >= 0.6 is 24.0 Å². The Kier molecular flexibility index (Phi) is 6.77. The van der Waals surface area contributed by atoms with Crippen LogP contribution in [0.2, 0.25) is 0 Å². The maximum atomic E-state index is 12.0. The second kappa shape index (κ2) is 8.08. The Bertz CT molecular complexity index is 501. The third-order valence-electron chi connectivity index (χ3n) is 3.21. The van der Waals surface area contributed by atoms with Crippen molar-refractivity contribution in [2.75, 3.05) is 5.75 Å². The van der Waals surface area contributed by atoms with Gasteiger partial charge < -0.3 is 5.32 Å². The highest BCUT2D eigenvalue weighted by Crippen LogP contribution is 2.16. The SMILES string of the molecule is C#CC(CC)(CC)NC(=O)CSC(=S)c1ccccc1. The molecule has 0 aliphatic heterocycles. The van der Waals surface area contributed by atoms with E-state index < -0.39 is 5.54 Å². The van der Waals surface area contributed by atoms with Crippen LogP contribution in [0.1, 0.15) is 32.3 Å². The lowest BCUT2D eigenvalue weighted by Crippen LogP contribution is -2.47. The summed E-state index contributed by atoms with van der Waals surface area (Å²) in [5.41, 5.74) is 0.431. The van der Waals surface area contributed by atoms with Gasteiger partial charge in [0.1, 0.15) is 5.54 Å². The van der Waals surface area contributed by atoms with Crippen molar-refractivity contribution in [3.8, 4) is 12.3 Å². The van der Waals surface area contributed by atoms with Crippen LogP contribution in [0.15, 0.2) is 30.3 Å². The van der Waals surface area contributed by atoms with Crippen LogP contribution in [0, 0.1) is 12.3 Å². The van der Waals surface area contributed by atoms with Gasteiger partial charge >= 0.3 is 0 Å². The number of terminal acetylenes is 1. The Morgan fingerprint density at radius 2 is 1.95 bits per heavy atom. The van der Waals surface area contributed by atoms with Gasteiger partial charge in [-0.1, -0.05) is 62.3 Å². The van der Waals surface area contributed by atoms with Crippen molar-refractivity contribution in [2.45, 2.75) is 32.2 Å². The number of thiocarbonyl (C=S) groups is 1. The third-order valence-corrected chi connectivity index (χ3v) is 4.70. The second-order valence-electron chi connectivity index (χ2n) is 4.42. The normalized spacial score (nSPS) is 10.7. The molecule has 0 aliphatic carbocycles. The summed E-state index contributed by atoms with van der Waals surface area (Å²) in [4.78, 5) is 12.0. The van der Waals surface area contributed by atoms with Crippen LogP contribution in [0.3, 0.4) is 0 Å². The summed E-state index contributed by atoms with van der Waals surface area (Å²) in [6, 6.07) is 9.68. The zero-order valence-corrected chi connectivity index (χ0v) is 13.4. The number of amides is 1. The molecule has 106 valence electrons. The van der Waals surface area contributed by atoms with Gasteiger partial charge in [0.25, 0.3) is 0 Å². The largest absolute Gasteiger partial charge is 0.339 e. The maximum absolute atomic E-state index is 12.0. The fourth-order valence-corrected chi connectivity index (χ4v) is 2.71. The lowest BCUT2D eigenvalue weighted by molar-refractivity contribution is -0.119. The average molecular weight is 305 g/mol. The standard InChI is InChI=1S/C16H19NOS2/c1-4-16(5-2,6-3)17-14(18)12-20-15(19)13-10-8-7-9-11-13/h1,7-11H,5-6,12H2,2-3H3,(H,17,18). The van der Waals surface area contributed by atoms with Crippen molar-refractivity contribution >= 4 is 34.1 Å². The van der Waals surface area contributed by atoms with E-state index in [9.17, 15) is 4.79 Å². The summed E-state index contributed by atoms with van der Waals surface area (Å²) < 4.78 is 0.722. The number of hydrogen-bond acceptors (Lipinski definition) is 3. The molecule has 2 nitrogen and oxygen atoms in total. The van der Waals surface area contributed by atoms with Crippen LogP contribution in [-0.4, -0.2) is 21.4 Å². The summed E-state index contributed by atoms with van der Waals surface area (Å²) in [6.07, 6.45) is 6.97. The number of benzene rings is 1. The number of carbonyl (C=O) groups excluding carboxylic acids is 1. The molecule has 0 saturated carbocycles. The van der Waals surface area contributed by atoms with Gasteiger partial charge in [-0.25, -0.2) is 0 Å². The Hall–Kier alpha value is -1.31. The molecule has 0 saturated heterocycles. The van der Waals surface area contributed by atoms with Crippen LogP contribution in [0.4, 0.5) is 0 Å². The van der Waals surface area contributed by atoms with Gasteiger partial charge in [-0.3, -0.25) is 4.79 Å². The fourth-order valence-electron chi connectivity index (χ4n) is 1.76. The van der Waals surface area contributed by atoms with Gasteiger partial charge in [-0.15, -0.1) is 18.2 Å². The van der Waals surface area contributed by atoms with Gasteiger partial charge in [0.2, 0.25) is 5.91 Å². The highest BCUT2D eigenvalue weighted by Gasteiger charge is 2.25. The average Bonchev–Trinajstić information content (AvgIpc) is 2.51. The molecule has 0 radical (unpaired) electrons. The molecule has 0 aromatic heterocycles. The molecule has 0 atom stereocenters. The molecule has 1 aromatic carbocycles. The summed E-state index contributed by atoms with van der Waals surface area (Å²) in [6.45, 7) is 3.96. The van der Waals surface area contributed by atoms with Crippen LogP contribution in [0.25, 0.3) is 0 Å². The molecule has 1 amide bonds. The minimum absolute atomic E-state index is 0.0741. The predicted molar refractivity (Wildman–Crippen MR) is 90.9 cm³/mol. The lowest BCUT2D eigenvalue weighted by atomic mass is 9.94. The number of rotatable bonds is 6. The van der Waals surface area contributed by atoms with E-state index in [1.807, 2.05) is 44.2 Å². The van der Waals surface area contributed by atoms with E-state index in [0.29, 0.717) is 0 Å². The summed E-state index contributed by atoms with van der Waals surface area (Å²) >= 11 is 6.67. The number of thioether (sulfide) groups is 1. The predicted octanol–water partition coefficient (Wildman–Crippen LogP) is 3.40. The Morgan fingerprint density at radius 3 is 2.45 bits per heavy atom. The van der Waals surface area contributed by atoms with E-state index >= 15 is 0 Å². The van der Waals surface area contributed by atoms with Gasteiger partial charge in [-0.05, 0) is 18.4 Å². The first-order chi connectivity index (χ1) is 9.56. The van der Waals surface area contributed by atoms with Gasteiger partial charge in [0, 0.05) is 0 Å². The zero-order chi connectivity index (χ0) is 15.0. The lowest BCUT2D eigenvalue weighted by Gasteiger charge is -2.26. The molecule has 0 heterocycles. The number of nitrogens with one attached hydrogen (secondary N) is 1. The quantitative estimate of drug-likeness (QED) is 0.645. The molecule has 0 aliphatic rings. The van der Waals surface area contributed by atoms with Gasteiger partial charge in [-0.2, -0.15) is 0 Å². The minimum atomic E-state index is -0.536. The first-order valence-corrected chi connectivity index (χ1v) is 7.97. The fraction of sp³-hybridized carbons (Fsp3) is 0.375. The van der Waals surface area contributed by atoms with Crippen LogP contribution in [0.5, 0.6) is 0 Å². The molecule has 4 heteroatoms. The Balaban J connectivity index is 2.52. The molecular weight excluding hydrogens is 286 g/mol. The smallest absolute Gasteiger partial charge is 0.231 e. The van der Waals surface area contributed by atoms with Crippen molar-refractivity contribution in [1.82, 2.24) is 5.32 Å². The topological polar surface area (TPSA) is 29.1 Å². The van der Waals surface area contributed by atoms with Crippen LogP contribution < -0.4 is 5.32 Å². The molecule has 1 N–H and O–H groups in total. The molecule has 20 heavy (non-hydrogen) atoms. The van der Waals surface area contributed by atoms with Crippen molar-refractivity contribution in [3.63, 3.8) is 0 Å². The molecule has 1 rings (SSSR count). The van der Waals surface area contributed by atoms with E-state index in [-0.39, 0.29) is 11.7 Å². The molecule has 0 fully saturated rings. The van der Waals surface area contributed by atoms with Crippen molar-refractivity contribution in [1.29, 1.82) is 0 Å². The van der Waals surface area contributed by atoms with Gasteiger partial charge in [0.15, 0.2) is 0 Å². The van der Waals surface area contributed by atoms with Crippen molar-refractivity contribution in [2.24, 2.45) is 0 Å². The molecular formula is C16H19NOS2. The molecule has 0 unspecified atom stereocenters. The van der Waals surface area contributed by atoms with Crippen molar-refractivity contribution in [3.05, 3.63) is 35.9 Å². The maximum Gasteiger partial charge on any atom is 0.231 e. The van der Waals surface area contributed by atoms with E-state index in [1.165, 1.54) is 11.8 Å². The third kappa shape index (κ3) is 4.66. The monoisotopic (exact) mass is 305 g/mol. The highest BCUT2D eigenvalue weighted by atomic mass is 32.2. The number of carbonyl (C=O) groups is 1. The molecule has 0 bridgehead atoms. The molecule has 0 spiro atoms. The van der Waals surface area contributed by atoms with Crippen LogP contribution in [-0.2, 0) is 4.79 Å². The Labute approximate surface area is 130 Å². The first-order valence-electron chi connectivity index (χ1n) is 6.58. The zero-order valence-electron chi connectivity index (χ0n) is 11.8.